The van der Waals surface area contributed by atoms with Crippen molar-refractivity contribution >= 4 is 11.8 Å². The summed E-state index contributed by atoms with van der Waals surface area (Å²) in [6.07, 6.45) is 3.45. The predicted molar refractivity (Wildman–Crippen MR) is 70.7 cm³/mol. The molecule has 2 atom stereocenters. The predicted octanol–water partition coefficient (Wildman–Crippen LogP) is 2.06. The molecule has 0 aromatic heterocycles. The van der Waals surface area contributed by atoms with Gasteiger partial charge in [-0.25, -0.2) is 0 Å². The highest BCUT2D eigenvalue weighted by molar-refractivity contribution is 7.98. The van der Waals surface area contributed by atoms with Crippen molar-refractivity contribution in [3.05, 3.63) is 0 Å². The van der Waals surface area contributed by atoms with Gasteiger partial charge in [0.15, 0.2) is 0 Å². The van der Waals surface area contributed by atoms with E-state index >= 15 is 0 Å². The van der Waals surface area contributed by atoms with Crippen LogP contribution in [0, 0.1) is 5.92 Å². The highest BCUT2D eigenvalue weighted by atomic mass is 32.2. The van der Waals surface area contributed by atoms with E-state index in [0.29, 0.717) is 6.04 Å². The quantitative estimate of drug-likeness (QED) is 0.778. The summed E-state index contributed by atoms with van der Waals surface area (Å²) in [7, 11) is 0. The van der Waals surface area contributed by atoms with Gasteiger partial charge in [0.1, 0.15) is 0 Å². The molecule has 1 heterocycles. The monoisotopic (exact) mass is 230 g/mol. The lowest BCUT2D eigenvalue weighted by molar-refractivity contribution is 0.104. The molecule has 90 valence electrons. The smallest absolute Gasteiger partial charge is 0.0244 e. The SMILES string of the molecule is CCC1CN(CCSC)C(C(C)C)CN1. The first-order chi connectivity index (χ1) is 7.19. The molecule has 0 spiro atoms. The van der Waals surface area contributed by atoms with Gasteiger partial charge in [0.05, 0.1) is 0 Å². The van der Waals surface area contributed by atoms with Gasteiger partial charge in [-0.15, -0.1) is 0 Å². The van der Waals surface area contributed by atoms with Gasteiger partial charge in [-0.2, -0.15) is 11.8 Å². The van der Waals surface area contributed by atoms with Crippen molar-refractivity contribution in [1.29, 1.82) is 0 Å². The second-order valence-corrected chi connectivity index (χ2v) is 5.80. The molecule has 2 nitrogen and oxygen atoms in total. The molecule has 1 fully saturated rings. The Morgan fingerprint density at radius 1 is 1.47 bits per heavy atom. The second kappa shape index (κ2) is 6.77. The van der Waals surface area contributed by atoms with Crippen LogP contribution in [0.1, 0.15) is 27.2 Å². The summed E-state index contributed by atoms with van der Waals surface area (Å²) in [5.41, 5.74) is 0. The number of nitrogens with one attached hydrogen (secondary N) is 1. The summed E-state index contributed by atoms with van der Waals surface area (Å²) >= 11 is 1.96. The van der Waals surface area contributed by atoms with Crippen molar-refractivity contribution in [2.24, 2.45) is 5.92 Å². The van der Waals surface area contributed by atoms with Crippen LogP contribution in [0.25, 0.3) is 0 Å². The minimum absolute atomic E-state index is 0.710. The van der Waals surface area contributed by atoms with Crippen LogP contribution in [-0.4, -0.2) is 48.6 Å². The standard InChI is InChI=1S/C12H26N2S/c1-5-11-9-14(6-7-15-4)12(8-13-11)10(2)3/h10-13H,5-9H2,1-4H3. The van der Waals surface area contributed by atoms with Crippen LogP contribution in [0.15, 0.2) is 0 Å². The van der Waals surface area contributed by atoms with Gasteiger partial charge in [0.25, 0.3) is 0 Å². The minimum atomic E-state index is 0.710. The van der Waals surface area contributed by atoms with Gasteiger partial charge in [-0.05, 0) is 18.6 Å². The Balaban J connectivity index is 2.48. The molecule has 0 aromatic carbocycles. The minimum Gasteiger partial charge on any atom is -0.311 e. The molecule has 0 radical (unpaired) electrons. The number of hydrogen-bond donors (Lipinski definition) is 1. The fourth-order valence-corrected chi connectivity index (χ4v) is 2.71. The van der Waals surface area contributed by atoms with Crippen LogP contribution in [0.2, 0.25) is 0 Å². The largest absolute Gasteiger partial charge is 0.311 e. The van der Waals surface area contributed by atoms with E-state index in [4.69, 9.17) is 0 Å². The molecule has 1 saturated heterocycles. The van der Waals surface area contributed by atoms with Crippen molar-refractivity contribution in [3.8, 4) is 0 Å². The van der Waals surface area contributed by atoms with Crippen molar-refractivity contribution < 1.29 is 0 Å². The van der Waals surface area contributed by atoms with E-state index in [2.05, 4.69) is 37.2 Å². The third kappa shape index (κ3) is 3.97. The molecule has 1 aliphatic heterocycles. The molecule has 0 aromatic rings. The lowest BCUT2D eigenvalue weighted by Crippen LogP contribution is -2.58. The maximum atomic E-state index is 3.66. The summed E-state index contributed by atoms with van der Waals surface area (Å²) in [6, 6.07) is 1.45. The third-order valence-electron chi connectivity index (χ3n) is 3.38. The second-order valence-electron chi connectivity index (χ2n) is 4.81. The Labute approximate surface area is 99.2 Å². The average Bonchev–Trinajstić information content (AvgIpc) is 2.25. The number of rotatable bonds is 5. The topological polar surface area (TPSA) is 15.3 Å². The highest BCUT2D eigenvalue weighted by Gasteiger charge is 2.28. The lowest BCUT2D eigenvalue weighted by Gasteiger charge is -2.42. The number of hydrogen-bond acceptors (Lipinski definition) is 3. The molecule has 0 aliphatic carbocycles. The van der Waals surface area contributed by atoms with Gasteiger partial charge in [-0.1, -0.05) is 20.8 Å². The first-order valence-corrected chi connectivity index (χ1v) is 7.54. The molecule has 3 heteroatoms. The summed E-state index contributed by atoms with van der Waals surface area (Å²) in [6.45, 7) is 10.6. The van der Waals surface area contributed by atoms with Crippen LogP contribution < -0.4 is 5.32 Å². The Kier molecular flexibility index (Phi) is 6.02. The number of thioether (sulfide) groups is 1. The van der Waals surface area contributed by atoms with Gasteiger partial charge in [-0.3, -0.25) is 4.90 Å². The maximum Gasteiger partial charge on any atom is 0.0244 e. The van der Waals surface area contributed by atoms with Gasteiger partial charge < -0.3 is 5.32 Å². The van der Waals surface area contributed by atoms with Gasteiger partial charge in [0.2, 0.25) is 0 Å². The maximum absolute atomic E-state index is 3.66. The van der Waals surface area contributed by atoms with Crippen LogP contribution >= 0.6 is 11.8 Å². The van der Waals surface area contributed by atoms with E-state index in [0.717, 1.165) is 12.0 Å². The zero-order chi connectivity index (χ0) is 11.3. The lowest BCUT2D eigenvalue weighted by atomic mass is 9.98. The van der Waals surface area contributed by atoms with E-state index in [1.807, 2.05) is 11.8 Å². The van der Waals surface area contributed by atoms with Crippen LogP contribution in [-0.2, 0) is 0 Å². The molecule has 1 N–H and O–H groups in total. The number of nitrogens with zero attached hydrogens (tertiary/aromatic N) is 1. The third-order valence-corrected chi connectivity index (χ3v) is 3.98. The zero-order valence-electron chi connectivity index (χ0n) is 10.6. The fraction of sp³-hybridized carbons (Fsp3) is 1.00. The Morgan fingerprint density at radius 2 is 2.20 bits per heavy atom. The van der Waals surface area contributed by atoms with E-state index < -0.39 is 0 Å². The summed E-state index contributed by atoms with van der Waals surface area (Å²) < 4.78 is 0. The molecule has 1 aliphatic rings. The molecule has 0 bridgehead atoms. The molecule has 0 saturated carbocycles. The molecule has 0 amide bonds. The molecule has 15 heavy (non-hydrogen) atoms. The number of piperazine rings is 1. The Bertz CT molecular complexity index is 173. The summed E-state index contributed by atoms with van der Waals surface area (Å²) in [5, 5.41) is 3.66. The molecular weight excluding hydrogens is 204 g/mol. The van der Waals surface area contributed by atoms with Crippen LogP contribution in [0.3, 0.4) is 0 Å². The fourth-order valence-electron chi connectivity index (χ4n) is 2.30. The van der Waals surface area contributed by atoms with Crippen LogP contribution in [0.5, 0.6) is 0 Å². The Morgan fingerprint density at radius 3 is 2.73 bits per heavy atom. The van der Waals surface area contributed by atoms with Crippen molar-refractivity contribution in [1.82, 2.24) is 10.2 Å². The van der Waals surface area contributed by atoms with Gasteiger partial charge >= 0.3 is 0 Å². The first kappa shape index (κ1) is 13.3. The molecule has 2 unspecified atom stereocenters. The van der Waals surface area contributed by atoms with Crippen molar-refractivity contribution in [2.75, 3.05) is 31.6 Å². The van der Waals surface area contributed by atoms with Crippen molar-refractivity contribution in [2.45, 2.75) is 39.3 Å². The van der Waals surface area contributed by atoms with E-state index in [1.165, 1.54) is 31.8 Å². The Hall–Kier alpha value is 0.270. The summed E-state index contributed by atoms with van der Waals surface area (Å²) in [4.78, 5) is 2.69. The first-order valence-electron chi connectivity index (χ1n) is 6.15. The highest BCUT2D eigenvalue weighted by Crippen LogP contribution is 2.16. The molecular formula is C12H26N2S. The average molecular weight is 230 g/mol. The molecule has 1 rings (SSSR count). The zero-order valence-corrected chi connectivity index (χ0v) is 11.4. The van der Waals surface area contributed by atoms with Gasteiger partial charge in [0, 0.05) is 37.5 Å². The normalized spacial score (nSPS) is 28.6. The van der Waals surface area contributed by atoms with E-state index in [1.54, 1.807) is 0 Å². The van der Waals surface area contributed by atoms with Crippen molar-refractivity contribution in [3.63, 3.8) is 0 Å². The van der Waals surface area contributed by atoms with E-state index in [-0.39, 0.29) is 0 Å². The van der Waals surface area contributed by atoms with Crippen LogP contribution in [0.4, 0.5) is 0 Å². The summed E-state index contributed by atoms with van der Waals surface area (Å²) in [5.74, 6) is 2.02. The van der Waals surface area contributed by atoms with E-state index in [9.17, 15) is 0 Å².